The minimum atomic E-state index is -2.00. The van der Waals surface area contributed by atoms with Crippen molar-refractivity contribution in [3.8, 4) is 0 Å². The van der Waals surface area contributed by atoms with E-state index >= 15 is 0 Å². The second-order valence-corrected chi connectivity index (χ2v) is 18.4. The number of hydrogen-bond acceptors (Lipinski definition) is 3. The smallest absolute Gasteiger partial charge is 0.192 e. The third-order valence-electron chi connectivity index (χ3n) is 7.27. The summed E-state index contributed by atoms with van der Waals surface area (Å²) in [4.78, 5) is 5.22. The molecule has 0 unspecified atom stereocenters. The number of aliphatic hydroxyl groups excluding tert-OH is 1. The summed E-state index contributed by atoms with van der Waals surface area (Å²) in [6.07, 6.45) is 1.11. The zero-order valence-electron chi connectivity index (χ0n) is 21.5. The van der Waals surface area contributed by atoms with E-state index in [1.54, 1.807) is 0 Å². The first kappa shape index (κ1) is 27.1. The van der Waals surface area contributed by atoms with Gasteiger partial charge in [-0.1, -0.05) is 72.2 Å². The molecular formula is C27H39ClINO2Si. The molecule has 0 aliphatic heterocycles. The van der Waals surface area contributed by atoms with Crippen LogP contribution in [-0.4, -0.2) is 18.4 Å². The summed E-state index contributed by atoms with van der Waals surface area (Å²) in [6, 6.07) is 7.47. The van der Waals surface area contributed by atoms with Crippen molar-refractivity contribution >= 4 is 42.5 Å². The maximum Gasteiger partial charge on any atom is 0.192 e. The Morgan fingerprint density at radius 3 is 2.27 bits per heavy atom. The molecule has 1 aliphatic rings. The van der Waals surface area contributed by atoms with E-state index in [1.165, 1.54) is 5.56 Å². The number of fused-ring (bicyclic) bond motifs is 1. The summed E-state index contributed by atoms with van der Waals surface area (Å²) in [5.41, 5.74) is 5.15. The summed E-state index contributed by atoms with van der Waals surface area (Å²) < 4.78 is 8.14. The fourth-order valence-electron chi connectivity index (χ4n) is 4.39. The van der Waals surface area contributed by atoms with E-state index in [1.807, 2.05) is 24.3 Å². The van der Waals surface area contributed by atoms with Crippen LogP contribution in [0.15, 0.2) is 24.3 Å². The van der Waals surface area contributed by atoms with Gasteiger partial charge in [-0.25, -0.2) is 0 Å². The van der Waals surface area contributed by atoms with Gasteiger partial charge in [-0.2, -0.15) is 0 Å². The van der Waals surface area contributed by atoms with Crippen molar-refractivity contribution in [2.24, 2.45) is 5.41 Å². The number of nitrogens with zero attached hydrogens (tertiary/aromatic N) is 1. The van der Waals surface area contributed by atoms with Gasteiger partial charge < -0.3 is 9.53 Å². The number of rotatable bonds is 5. The lowest BCUT2D eigenvalue weighted by atomic mass is 9.74. The van der Waals surface area contributed by atoms with Crippen molar-refractivity contribution in [3.05, 3.63) is 60.9 Å². The number of benzene rings is 1. The molecule has 0 radical (unpaired) electrons. The molecule has 1 aromatic carbocycles. The fraction of sp³-hybridized carbons (Fsp3) is 0.593. The topological polar surface area (TPSA) is 42.4 Å². The van der Waals surface area contributed by atoms with Gasteiger partial charge in [-0.05, 0) is 82.6 Å². The highest BCUT2D eigenvalue weighted by Gasteiger charge is 2.44. The molecule has 0 fully saturated rings. The Bertz CT molecular complexity index is 1010. The molecule has 1 N–H and O–H groups in total. The van der Waals surface area contributed by atoms with Crippen molar-refractivity contribution in [2.75, 3.05) is 0 Å². The SMILES string of the molecule is CC(C)c1nc2c(c(I)c1[C@H](O)c1ccc(Cl)cc1)[C@@H](O[Si](C)(C)C(C)(C)C)CC(C)(C)C2. The second-order valence-electron chi connectivity index (χ2n) is 12.1. The Kier molecular flexibility index (Phi) is 7.83. The van der Waals surface area contributed by atoms with Crippen molar-refractivity contribution in [3.63, 3.8) is 0 Å². The Morgan fingerprint density at radius 1 is 1.18 bits per heavy atom. The molecule has 0 spiro atoms. The molecule has 0 bridgehead atoms. The molecule has 2 atom stereocenters. The molecule has 2 aromatic rings. The molecule has 1 aliphatic carbocycles. The van der Waals surface area contributed by atoms with Gasteiger partial charge in [0.1, 0.15) is 6.10 Å². The van der Waals surface area contributed by atoms with Crippen molar-refractivity contribution in [1.29, 1.82) is 0 Å². The summed E-state index contributed by atoms with van der Waals surface area (Å²) >= 11 is 8.55. The molecule has 0 saturated heterocycles. The molecule has 182 valence electrons. The highest BCUT2D eigenvalue weighted by atomic mass is 127. The normalized spacial score (nSPS) is 19.5. The van der Waals surface area contributed by atoms with Crippen LogP contribution in [0, 0.1) is 8.99 Å². The van der Waals surface area contributed by atoms with Gasteiger partial charge in [-0.15, -0.1) is 0 Å². The Labute approximate surface area is 220 Å². The average molecular weight is 600 g/mol. The van der Waals surface area contributed by atoms with Crippen LogP contribution < -0.4 is 0 Å². The first-order valence-electron chi connectivity index (χ1n) is 11.9. The number of aliphatic hydroxyl groups is 1. The standard InChI is InChI=1S/C27H39ClINO2Si/c1-16(2)24-22(25(31)17-10-12-18(28)13-11-17)23(29)21-19(30-24)14-27(6,7)15-20(21)32-33(8,9)26(3,4)5/h10-13,16,20,25,31H,14-15H2,1-9H3/t20-,25+/m0/s1. The maximum atomic E-state index is 11.5. The van der Waals surface area contributed by atoms with Crippen LogP contribution in [0.3, 0.4) is 0 Å². The highest BCUT2D eigenvalue weighted by Crippen LogP contribution is 2.50. The lowest BCUT2D eigenvalue weighted by Crippen LogP contribution is -2.44. The first-order chi connectivity index (χ1) is 15.0. The van der Waals surface area contributed by atoms with E-state index in [-0.39, 0.29) is 22.5 Å². The number of pyridine rings is 1. The van der Waals surface area contributed by atoms with Crippen LogP contribution >= 0.6 is 34.2 Å². The van der Waals surface area contributed by atoms with Crippen molar-refractivity contribution < 1.29 is 9.53 Å². The van der Waals surface area contributed by atoms with Gasteiger partial charge in [0.2, 0.25) is 0 Å². The summed E-state index contributed by atoms with van der Waals surface area (Å²) in [5.74, 6) is 0.200. The quantitative estimate of drug-likeness (QED) is 0.276. The lowest BCUT2D eigenvalue weighted by Gasteiger charge is -2.44. The van der Waals surface area contributed by atoms with Gasteiger partial charge in [0, 0.05) is 25.4 Å². The third kappa shape index (κ3) is 5.69. The first-order valence-corrected chi connectivity index (χ1v) is 16.2. The number of hydrogen-bond donors (Lipinski definition) is 1. The Balaban J connectivity index is 2.21. The van der Waals surface area contributed by atoms with E-state index in [9.17, 15) is 5.11 Å². The van der Waals surface area contributed by atoms with Crippen LogP contribution in [0.4, 0.5) is 0 Å². The van der Waals surface area contributed by atoms with Crippen LogP contribution in [0.25, 0.3) is 0 Å². The molecule has 3 nitrogen and oxygen atoms in total. The summed E-state index contributed by atoms with van der Waals surface area (Å²) in [6.45, 7) is 20.4. The van der Waals surface area contributed by atoms with Gasteiger partial charge in [0.25, 0.3) is 0 Å². The maximum absolute atomic E-state index is 11.5. The average Bonchev–Trinajstić information content (AvgIpc) is 2.65. The molecule has 33 heavy (non-hydrogen) atoms. The van der Waals surface area contributed by atoms with Crippen molar-refractivity contribution in [2.45, 2.75) is 97.6 Å². The van der Waals surface area contributed by atoms with Gasteiger partial charge >= 0.3 is 0 Å². The van der Waals surface area contributed by atoms with Crippen molar-refractivity contribution in [1.82, 2.24) is 4.98 Å². The predicted molar refractivity (Wildman–Crippen MR) is 150 cm³/mol. The Morgan fingerprint density at radius 2 is 1.76 bits per heavy atom. The van der Waals surface area contributed by atoms with E-state index in [4.69, 9.17) is 21.0 Å². The monoisotopic (exact) mass is 599 g/mol. The molecule has 1 heterocycles. The Hall–Kier alpha value is -0.473. The van der Waals surface area contributed by atoms with Crippen LogP contribution in [0.2, 0.25) is 23.2 Å². The van der Waals surface area contributed by atoms with E-state index < -0.39 is 14.4 Å². The van der Waals surface area contributed by atoms with Gasteiger partial charge in [0.05, 0.1) is 11.8 Å². The highest BCUT2D eigenvalue weighted by molar-refractivity contribution is 14.1. The van der Waals surface area contributed by atoms with Crippen LogP contribution in [0.5, 0.6) is 0 Å². The molecule has 1 aromatic heterocycles. The zero-order valence-corrected chi connectivity index (χ0v) is 25.4. The van der Waals surface area contributed by atoms with E-state index in [0.717, 1.165) is 38.9 Å². The van der Waals surface area contributed by atoms with Gasteiger partial charge in [0.15, 0.2) is 8.32 Å². The zero-order chi connectivity index (χ0) is 24.9. The van der Waals surface area contributed by atoms with Crippen LogP contribution in [0.1, 0.15) is 101 Å². The van der Waals surface area contributed by atoms with E-state index in [2.05, 4.69) is 84.2 Å². The summed E-state index contributed by atoms with van der Waals surface area (Å²) in [7, 11) is -2.00. The number of halogens is 2. The minimum Gasteiger partial charge on any atom is -0.410 e. The fourth-order valence-corrected chi connectivity index (χ4v) is 7.01. The van der Waals surface area contributed by atoms with Gasteiger partial charge in [-0.3, -0.25) is 4.98 Å². The lowest BCUT2D eigenvalue weighted by molar-refractivity contribution is 0.104. The predicted octanol–water partition coefficient (Wildman–Crippen LogP) is 8.58. The molecule has 0 amide bonds. The molecule has 6 heteroatoms. The summed E-state index contributed by atoms with van der Waals surface area (Å²) in [5, 5.41) is 12.3. The minimum absolute atomic E-state index is 0.0126. The van der Waals surface area contributed by atoms with Crippen LogP contribution in [-0.2, 0) is 10.8 Å². The number of aromatic nitrogens is 1. The molecule has 0 saturated carbocycles. The molecular weight excluding hydrogens is 561 g/mol. The largest absolute Gasteiger partial charge is 0.410 e. The second kappa shape index (κ2) is 9.53. The molecule has 3 rings (SSSR count). The van der Waals surface area contributed by atoms with E-state index in [0.29, 0.717) is 5.02 Å². The third-order valence-corrected chi connectivity index (χ3v) is 13.2.